The lowest BCUT2D eigenvalue weighted by atomic mass is 9.90. The Hall–Kier alpha value is -3.86. The molecule has 1 atom stereocenters. The Morgan fingerprint density at radius 1 is 1.21 bits per heavy atom. The lowest BCUT2D eigenvalue weighted by Gasteiger charge is -2.23. The highest BCUT2D eigenvalue weighted by molar-refractivity contribution is 6.06. The molecule has 0 aromatic heterocycles. The van der Waals surface area contributed by atoms with E-state index in [4.69, 9.17) is 14.8 Å². The molecule has 148 valence electrons. The van der Waals surface area contributed by atoms with Gasteiger partial charge in [-0.2, -0.15) is 5.26 Å². The second-order valence-electron chi connectivity index (χ2n) is 6.51. The first-order valence-corrected chi connectivity index (χ1v) is 8.92. The van der Waals surface area contributed by atoms with Gasteiger partial charge in [0.1, 0.15) is 11.8 Å². The third kappa shape index (κ3) is 4.90. The van der Waals surface area contributed by atoms with Gasteiger partial charge in [-0.05, 0) is 35.4 Å². The molecule has 2 aromatic carbocycles. The van der Waals surface area contributed by atoms with Gasteiger partial charge in [-0.3, -0.25) is 9.59 Å². The van der Waals surface area contributed by atoms with Crippen molar-refractivity contribution >= 4 is 17.6 Å². The molecule has 1 unspecified atom stereocenters. The van der Waals surface area contributed by atoms with Crippen molar-refractivity contribution in [3.8, 4) is 11.8 Å². The van der Waals surface area contributed by atoms with Gasteiger partial charge in [-0.25, -0.2) is 0 Å². The second-order valence-corrected chi connectivity index (χ2v) is 6.51. The minimum absolute atomic E-state index is 0.0261. The number of hydrogen-bond donors (Lipinski definition) is 2. The number of ether oxygens (including phenoxy) is 1. The maximum atomic E-state index is 12.8. The topological polar surface area (TPSA) is 121 Å². The Morgan fingerprint density at radius 2 is 1.93 bits per heavy atom. The molecule has 0 saturated heterocycles. The van der Waals surface area contributed by atoms with E-state index < -0.39 is 23.9 Å². The summed E-state index contributed by atoms with van der Waals surface area (Å²) in [5.41, 5.74) is 0.426. The van der Waals surface area contributed by atoms with Crippen LogP contribution in [0.3, 0.4) is 0 Å². The van der Waals surface area contributed by atoms with E-state index in [2.05, 4.69) is 10.5 Å². The zero-order chi connectivity index (χ0) is 20.7. The van der Waals surface area contributed by atoms with Crippen molar-refractivity contribution in [3.05, 3.63) is 65.7 Å². The van der Waals surface area contributed by atoms with Crippen LogP contribution in [0.25, 0.3) is 0 Å². The Balaban J connectivity index is 1.70. The molecule has 3 rings (SSSR count). The SMILES string of the molecule is N#CCOc1ccc(C2=NOC(CC(=O)O)(C(=O)NCc3ccccc3)C2)cc1. The van der Waals surface area contributed by atoms with Gasteiger partial charge in [0.2, 0.25) is 5.60 Å². The molecule has 0 saturated carbocycles. The first-order chi connectivity index (χ1) is 14.0. The van der Waals surface area contributed by atoms with Gasteiger partial charge < -0.3 is 20.0 Å². The highest BCUT2D eigenvalue weighted by Crippen LogP contribution is 2.31. The highest BCUT2D eigenvalue weighted by Gasteiger charge is 2.48. The van der Waals surface area contributed by atoms with Gasteiger partial charge in [-0.15, -0.1) is 0 Å². The minimum atomic E-state index is -1.61. The third-order valence-electron chi connectivity index (χ3n) is 4.42. The number of carboxylic acids is 1. The lowest BCUT2D eigenvalue weighted by Crippen LogP contribution is -2.48. The number of aliphatic carboxylic acids is 1. The Labute approximate surface area is 167 Å². The maximum Gasteiger partial charge on any atom is 0.308 e. The van der Waals surface area contributed by atoms with Crippen molar-refractivity contribution in [2.75, 3.05) is 6.61 Å². The lowest BCUT2D eigenvalue weighted by molar-refractivity contribution is -0.156. The zero-order valence-electron chi connectivity index (χ0n) is 15.5. The average molecular weight is 393 g/mol. The molecule has 0 radical (unpaired) electrons. The van der Waals surface area contributed by atoms with Crippen molar-refractivity contribution in [3.63, 3.8) is 0 Å². The molecule has 2 N–H and O–H groups in total. The molecule has 29 heavy (non-hydrogen) atoms. The van der Waals surface area contributed by atoms with Gasteiger partial charge in [0.05, 0.1) is 12.1 Å². The fourth-order valence-corrected chi connectivity index (χ4v) is 2.97. The first kappa shape index (κ1) is 19.9. The summed E-state index contributed by atoms with van der Waals surface area (Å²) in [6, 6.07) is 17.9. The number of oxime groups is 1. The zero-order valence-corrected chi connectivity index (χ0v) is 15.5. The summed E-state index contributed by atoms with van der Waals surface area (Å²) >= 11 is 0. The van der Waals surface area contributed by atoms with E-state index in [1.165, 1.54) is 0 Å². The fourth-order valence-electron chi connectivity index (χ4n) is 2.97. The van der Waals surface area contributed by atoms with Crippen LogP contribution >= 0.6 is 0 Å². The summed E-state index contributed by atoms with van der Waals surface area (Å²) in [4.78, 5) is 29.6. The number of rotatable bonds is 8. The molecule has 0 spiro atoms. The Bertz CT molecular complexity index is 951. The fraction of sp³-hybridized carbons (Fsp3) is 0.238. The molecule has 8 heteroatoms. The summed E-state index contributed by atoms with van der Waals surface area (Å²) in [5.74, 6) is -1.17. The largest absolute Gasteiger partial charge is 0.481 e. The van der Waals surface area contributed by atoms with Crippen LogP contribution in [0.1, 0.15) is 24.0 Å². The summed E-state index contributed by atoms with van der Waals surface area (Å²) < 4.78 is 5.20. The summed E-state index contributed by atoms with van der Waals surface area (Å²) in [6.45, 7) is 0.192. The Kier molecular flexibility index (Phi) is 6.09. The van der Waals surface area contributed by atoms with Crippen LogP contribution in [-0.2, 0) is 21.0 Å². The molecule has 2 aromatic rings. The molecule has 1 aliphatic rings. The standard InChI is InChI=1S/C21H19N3O5/c22-10-11-28-17-8-6-16(7-9-17)18-12-21(29-24-18,13-19(25)26)20(27)23-14-15-4-2-1-3-5-15/h1-9H,11-14H2,(H,23,27)(H,25,26). The highest BCUT2D eigenvalue weighted by atomic mass is 16.7. The van der Waals surface area contributed by atoms with Crippen LogP contribution in [0.5, 0.6) is 5.75 Å². The molecular weight excluding hydrogens is 374 g/mol. The van der Waals surface area contributed by atoms with Gasteiger partial charge in [0.25, 0.3) is 5.91 Å². The van der Waals surface area contributed by atoms with Gasteiger partial charge in [0.15, 0.2) is 6.61 Å². The molecule has 0 aliphatic carbocycles. The third-order valence-corrected chi connectivity index (χ3v) is 4.42. The molecule has 0 bridgehead atoms. The maximum absolute atomic E-state index is 12.8. The second kappa shape index (κ2) is 8.89. The predicted molar refractivity (Wildman–Crippen MR) is 103 cm³/mol. The van der Waals surface area contributed by atoms with Crippen molar-refractivity contribution in [2.24, 2.45) is 5.16 Å². The van der Waals surface area contributed by atoms with E-state index in [0.29, 0.717) is 17.0 Å². The minimum Gasteiger partial charge on any atom is -0.481 e. The van der Waals surface area contributed by atoms with Crippen LogP contribution in [0.4, 0.5) is 0 Å². The normalized spacial score (nSPS) is 17.6. The first-order valence-electron chi connectivity index (χ1n) is 8.92. The Morgan fingerprint density at radius 3 is 2.59 bits per heavy atom. The van der Waals surface area contributed by atoms with E-state index in [9.17, 15) is 14.7 Å². The number of carbonyl (C=O) groups is 2. The number of amides is 1. The monoisotopic (exact) mass is 393 g/mol. The van der Waals surface area contributed by atoms with Gasteiger partial charge in [-0.1, -0.05) is 35.5 Å². The van der Waals surface area contributed by atoms with Gasteiger partial charge in [0, 0.05) is 13.0 Å². The number of nitrogens with one attached hydrogen (secondary N) is 1. The van der Waals surface area contributed by atoms with E-state index in [-0.39, 0.29) is 19.6 Å². The molecule has 0 fully saturated rings. The number of carboxylic acid groups (broad SMARTS) is 1. The van der Waals surface area contributed by atoms with Crippen LogP contribution < -0.4 is 10.1 Å². The molecule has 1 heterocycles. The summed E-state index contributed by atoms with van der Waals surface area (Å²) in [6.07, 6.45) is -0.484. The molecule has 8 nitrogen and oxygen atoms in total. The number of carbonyl (C=O) groups excluding carboxylic acids is 1. The van der Waals surface area contributed by atoms with E-state index >= 15 is 0 Å². The predicted octanol–water partition coefficient (Wildman–Crippen LogP) is 2.24. The quantitative estimate of drug-likeness (QED) is 0.709. The molecular formula is C21H19N3O5. The van der Waals surface area contributed by atoms with Crippen LogP contribution in [0.2, 0.25) is 0 Å². The van der Waals surface area contributed by atoms with Crippen molar-refractivity contribution < 1.29 is 24.3 Å². The summed E-state index contributed by atoms with van der Waals surface area (Å²) in [5, 5.41) is 24.6. The van der Waals surface area contributed by atoms with E-state index in [1.54, 1.807) is 24.3 Å². The smallest absolute Gasteiger partial charge is 0.308 e. The van der Waals surface area contributed by atoms with Crippen LogP contribution in [-0.4, -0.2) is 34.9 Å². The van der Waals surface area contributed by atoms with E-state index in [1.807, 2.05) is 36.4 Å². The molecule has 1 aliphatic heterocycles. The van der Waals surface area contributed by atoms with Gasteiger partial charge >= 0.3 is 5.97 Å². The van der Waals surface area contributed by atoms with Crippen molar-refractivity contribution in [1.82, 2.24) is 5.32 Å². The van der Waals surface area contributed by atoms with Crippen molar-refractivity contribution in [1.29, 1.82) is 5.26 Å². The van der Waals surface area contributed by atoms with Crippen LogP contribution in [0.15, 0.2) is 59.8 Å². The van der Waals surface area contributed by atoms with Crippen LogP contribution in [0, 0.1) is 11.3 Å². The van der Waals surface area contributed by atoms with E-state index in [0.717, 1.165) is 5.56 Å². The van der Waals surface area contributed by atoms with Crippen molar-refractivity contribution in [2.45, 2.75) is 25.0 Å². The number of nitrogens with zero attached hydrogens (tertiary/aromatic N) is 2. The molecule has 1 amide bonds. The average Bonchev–Trinajstić information content (AvgIpc) is 3.16. The summed E-state index contributed by atoms with van der Waals surface area (Å²) in [7, 11) is 0. The number of nitriles is 1. The number of benzene rings is 2. The number of hydrogen-bond acceptors (Lipinski definition) is 6.